The molecule has 1 N–H and O–H groups in total. The number of carbonyl (C=O) groups excluding carboxylic acids is 1. The summed E-state index contributed by atoms with van der Waals surface area (Å²) in [5.74, 6) is -1.52. The minimum atomic E-state index is -4.45. The van der Waals surface area contributed by atoms with Gasteiger partial charge in [-0.1, -0.05) is 36.4 Å². The lowest BCUT2D eigenvalue weighted by Crippen LogP contribution is -2.61. The van der Waals surface area contributed by atoms with Gasteiger partial charge in [-0.25, -0.2) is 18.7 Å². The van der Waals surface area contributed by atoms with E-state index >= 15 is 4.39 Å². The highest BCUT2D eigenvalue weighted by Crippen LogP contribution is 2.51. The molecule has 0 bridgehead atoms. The predicted molar refractivity (Wildman–Crippen MR) is 127 cm³/mol. The first-order valence-electron chi connectivity index (χ1n) is 11.9. The van der Waals surface area contributed by atoms with Gasteiger partial charge >= 0.3 is 5.19 Å². The maximum Gasteiger partial charge on any atom is 0.348 e. The van der Waals surface area contributed by atoms with Crippen LogP contribution in [0, 0.1) is 17.8 Å². The van der Waals surface area contributed by atoms with E-state index in [1.807, 2.05) is 30.3 Å². The van der Waals surface area contributed by atoms with E-state index in [9.17, 15) is 13.2 Å². The second-order valence-electron chi connectivity index (χ2n) is 9.42. The van der Waals surface area contributed by atoms with Crippen LogP contribution in [-0.4, -0.2) is 50.0 Å². The number of piperidine rings is 1. The molecule has 182 valence electrons. The molecule has 1 amide bonds. The third-order valence-electron chi connectivity index (χ3n) is 7.28. The average Bonchev–Trinajstić information content (AvgIpc) is 3.67. The standard InChI is InChI=1S/C25H30FN3O4S/c26-25(34(31,32)29-15-7-16-29,33-27-24(30)20-8-3-1-4-9-20)23-14-17-28(18-22(23)19-12-13-19)21-10-5-2-6-11-21/h1-6,8-11,19,22-23H,7,12-18H2,(H,27,30). The maximum absolute atomic E-state index is 16.9. The number of hydroxylamine groups is 1. The van der Waals surface area contributed by atoms with Crippen molar-refractivity contribution in [3.63, 3.8) is 0 Å². The van der Waals surface area contributed by atoms with Crippen LogP contribution in [0.25, 0.3) is 0 Å². The number of halogens is 1. The van der Waals surface area contributed by atoms with E-state index in [1.165, 1.54) is 0 Å². The van der Waals surface area contributed by atoms with Crippen LogP contribution in [0.3, 0.4) is 0 Å². The fourth-order valence-electron chi connectivity index (χ4n) is 5.07. The van der Waals surface area contributed by atoms with Gasteiger partial charge in [0.2, 0.25) is 0 Å². The van der Waals surface area contributed by atoms with Crippen molar-refractivity contribution < 1.29 is 22.4 Å². The lowest BCUT2D eigenvalue weighted by molar-refractivity contribution is -0.170. The number of alkyl halides is 1. The summed E-state index contributed by atoms with van der Waals surface area (Å²) < 4.78 is 45.0. The molecule has 34 heavy (non-hydrogen) atoms. The van der Waals surface area contributed by atoms with Crippen molar-refractivity contribution in [2.24, 2.45) is 17.8 Å². The number of hydrogen-bond donors (Lipinski definition) is 1. The molecule has 0 aromatic heterocycles. The fourth-order valence-corrected chi connectivity index (χ4v) is 6.99. The second-order valence-corrected chi connectivity index (χ2v) is 11.4. The van der Waals surface area contributed by atoms with Crippen molar-refractivity contribution in [3.05, 3.63) is 66.2 Å². The van der Waals surface area contributed by atoms with Crippen molar-refractivity contribution in [2.75, 3.05) is 31.1 Å². The maximum atomic E-state index is 16.9. The van der Waals surface area contributed by atoms with Gasteiger partial charge in [-0.2, -0.15) is 8.70 Å². The van der Waals surface area contributed by atoms with Gasteiger partial charge in [0, 0.05) is 43.3 Å². The first-order chi connectivity index (χ1) is 16.4. The molecule has 2 aliphatic heterocycles. The van der Waals surface area contributed by atoms with Gasteiger partial charge in [-0.15, -0.1) is 0 Å². The zero-order chi connectivity index (χ0) is 23.8. The first kappa shape index (κ1) is 23.3. The SMILES string of the molecule is O=C(NOC(F)(C1CCN(c2ccccc2)CC1C1CC1)S(=O)(=O)N1CCC1)c1ccccc1. The Morgan fingerprint density at radius 1 is 0.971 bits per heavy atom. The molecular weight excluding hydrogens is 457 g/mol. The normalized spacial score (nSPS) is 25.3. The Hall–Kier alpha value is -2.49. The molecule has 0 radical (unpaired) electrons. The number of benzene rings is 2. The molecule has 7 nitrogen and oxygen atoms in total. The summed E-state index contributed by atoms with van der Waals surface area (Å²) in [6.07, 6.45) is 2.88. The van der Waals surface area contributed by atoms with Gasteiger partial charge in [0.05, 0.1) is 0 Å². The first-order valence-corrected chi connectivity index (χ1v) is 13.4. The summed E-state index contributed by atoms with van der Waals surface area (Å²) in [6.45, 7) is 1.59. The number of anilines is 1. The van der Waals surface area contributed by atoms with Crippen LogP contribution in [0.4, 0.5) is 10.1 Å². The smallest absolute Gasteiger partial charge is 0.348 e. The Kier molecular flexibility index (Phi) is 6.35. The number of rotatable bonds is 8. The van der Waals surface area contributed by atoms with E-state index in [2.05, 4.69) is 10.4 Å². The molecule has 2 heterocycles. The molecule has 0 spiro atoms. The summed E-state index contributed by atoms with van der Waals surface area (Å²) in [5, 5.41) is -3.03. The van der Waals surface area contributed by atoms with Crippen LogP contribution in [0.15, 0.2) is 60.7 Å². The second kappa shape index (κ2) is 9.28. The molecule has 9 heteroatoms. The van der Waals surface area contributed by atoms with E-state index in [0.717, 1.165) is 22.8 Å². The molecule has 3 atom stereocenters. The molecule has 3 fully saturated rings. The van der Waals surface area contributed by atoms with Crippen molar-refractivity contribution in [1.82, 2.24) is 9.79 Å². The Morgan fingerprint density at radius 2 is 1.62 bits per heavy atom. The highest BCUT2D eigenvalue weighted by molar-refractivity contribution is 7.90. The number of carbonyl (C=O) groups is 1. The summed E-state index contributed by atoms with van der Waals surface area (Å²) in [5.41, 5.74) is 3.44. The van der Waals surface area contributed by atoms with Crippen molar-refractivity contribution in [2.45, 2.75) is 30.9 Å². The monoisotopic (exact) mass is 487 g/mol. The quantitative estimate of drug-likeness (QED) is 0.576. The highest BCUT2D eigenvalue weighted by atomic mass is 32.2. The largest absolute Gasteiger partial charge is 0.371 e. The van der Waals surface area contributed by atoms with E-state index in [-0.39, 0.29) is 30.5 Å². The molecule has 2 aromatic carbocycles. The molecule has 3 unspecified atom stereocenters. The Balaban J connectivity index is 1.42. The number of para-hydroxylation sites is 1. The predicted octanol–water partition coefficient (Wildman–Crippen LogP) is 3.56. The van der Waals surface area contributed by atoms with Gasteiger partial charge in [0.25, 0.3) is 15.9 Å². The zero-order valence-corrected chi connectivity index (χ0v) is 19.8. The van der Waals surface area contributed by atoms with E-state index in [0.29, 0.717) is 25.9 Å². The van der Waals surface area contributed by atoms with Crippen molar-refractivity contribution in [3.8, 4) is 0 Å². The summed E-state index contributed by atoms with van der Waals surface area (Å²) in [6, 6.07) is 18.1. The van der Waals surface area contributed by atoms with Crippen LogP contribution in [0.2, 0.25) is 0 Å². The topological polar surface area (TPSA) is 79.0 Å². The Bertz CT molecular complexity index is 1110. The summed E-state index contributed by atoms with van der Waals surface area (Å²) >= 11 is 0. The van der Waals surface area contributed by atoms with Gasteiger partial charge in [-0.05, 0) is 61.8 Å². The number of sulfonamides is 1. The van der Waals surface area contributed by atoms with Crippen LogP contribution < -0.4 is 10.4 Å². The fraction of sp³-hybridized carbons (Fsp3) is 0.480. The molecule has 5 rings (SSSR count). The van der Waals surface area contributed by atoms with Crippen LogP contribution in [0.1, 0.15) is 36.0 Å². The van der Waals surface area contributed by atoms with Gasteiger partial charge in [-0.3, -0.25) is 4.79 Å². The molecule has 1 saturated carbocycles. The molecule has 2 aromatic rings. The minimum absolute atomic E-state index is 0.205. The number of amides is 1. The van der Waals surface area contributed by atoms with Gasteiger partial charge in [0.1, 0.15) is 0 Å². The third-order valence-corrected chi connectivity index (χ3v) is 9.41. The number of hydrogen-bond acceptors (Lipinski definition) is 5. The lowest BCUT2D eigenvalue weighted by atomic mass is 9.81. The van der Waals surface area contributed by atoms with Crippen molar-refractivity contribution >= 4 is 21.6 Å². The van der Waals surface area contributed by atoms with Crippen LogP contribution in [-0.2, 0) is 14.9 Å². The zero-order valence-electron chi connectivity index (χ0n) is 19.0. The molecule has 2 saturated heterocycles. The average molecular weight is 488 g/mol. The Labute approximate surface area is 199 Å². The summed E-state index contributed by atoms with van der Waals surface area (Å²) in [4.78, 5) is 20.1. The highest BCUT2D eigenvalue weighted by Gasteiger charge is 2.61. The minimum Gasteiger partial charge on any atom is -0.371 e. The third kappa shape index (κ3) is 4.32. The van der Waals surface area contributed by atoms with E-state index in [4.69, 9.17) is 4.84 Å². The lowest BCUT2D eigenvalue weighted by Gasteiger charge is -2.46. The Morgan fingerprint density at radius 3 is 2.21 bits per heavy atom. The molecular formula is C25H30FN3O4S. The van der Waals surface area contributed by atoms with Gasteiger partial charge in [0.15, 0.2) is 0 Å². The van der Waals surface area contributed by atoms with E-state index in [1.54, 1.807) is 30.3 Å². The van der Waals surface area contributed by atoms with Crippen LogP contribution in [0.5, 0.6) is 0 Å². The van der Waals surface area contributed by atoms with E-state index < -0.39 is 27.0 Å². The van der Waals surface area contributed by atoms with Crippen LogP contribution >= 0.6 is 0 Å². The van der Waals surface area contributed by atoms with Gasteiger partial charge < -0.3 is 4.90 Å². The van der Waals surface area contributed by atoms with Crippen molar-refractivity contribution in [1.29, 1.82) is 0 Å². The number of nitrogens with one attached hydrogen (secondary N) is 1. The summed E-state index contributed by atoms with van der Waals surface area (Å²) in [7, 11) is -4.45. The number of nitrogens with zero attached hydrogens (tertiary/aromatic N) is 2. The molecule has 1 aliphatic carbocycles. The molecule has 3 aliphatic rings.